The Bertz CT molecular complexity index is 1710. The number of carbonyl (C=O) groups is 1. The zero-order chi connectivity index (χ0) is 31.1. The molecule has 0 aliphatic carbocycles. The van der Waals surface area contributed by atoms with Crippen LogP contribution in [0, 0.1) is 5.82 Å². The van der Waals surface area contributed by atoms with Gasteiger partial charge in [0.15, 0.2) is 11.6 Å². The number of alkyl halides is 3. The average Bonchev–Trinajstić information content (AvgIpc) is 2.97. The fourth-order valence-electron chi connectivity index (χ4n) is 5.44. The van der Waals surface area contributed by atoms with Gasteiger partial charge < -0.3 is 29.1 Å². The van der Waals surface area contributed by atoms with Crippen molar-refractivity contribution in [1.29, 1.82) is 0 Å². The van der Waals surface area contributed by atoms with E-state index in [4.69, 9.17) is 4.74 Å². The SMILES string of the molecule is COc1c(N2CCN(c3ccc(C(F)(F)F)cc3)CC2)c(F)cc2c(=O)c(C(=O)O)cn(-c3ccc(CN(C)C)cc3)c12. The van der Waals surface area contributed by atoms with E-state index in [1.807, 2.05) is 36.0 Å². The highest BCUT2D eigenvalue weighted by Crippen LogP contribution is 2.40. The first-order valence-corrected chi connectivity index (χ1v) is 13.5. The standard InChI is InChI=1S/C31H30F4N4O4/c1-36(2)17-19-4-8-22(9-5-19)39-18-24(30(41)42)28(40)23-16-25(32)27(29(43-3)26(23)39)38-14-12-37(13-15-38)21-10-6-20(7-11-21)31(33,34)35/h4-11,16,18H,12-15,17H2,1-3H3,(H,41,42). The van der Waals surface area contributed by atoms with Crippen LogP contribution in [0.15, 0.2) is 65.6 Å². The van der Waals surface area contributed by atoms with Gasteiger partial charge in [-0.1, -0.05) is 12.1 Å². The first kappa shape index (κ1) is 29.9. The molecule has 3 aromatic carbocycles. The summed E-state index contributed by atoms with van der Waals surface area (Å²) < 4.78 is 62.0. The first-order chi connectivity index (χ1) is 20.4. The Hall–Kier alpha value is -4.58. The molecule has 0 bridgehead atoms. The van der Waals surface area contributed by atoms with Crippen LogP contribution in [-0.2, 0) is 12.7 Å². The predicted molar refractivity (Wildman–Crippen MR) is 156 cm³/mol. The van der Waals surface area contributed by atoms with Crippen molar-refractivity contribution in [2.45, 2.75) is 12.7 Å². The second-order valence-corrected chi connectivity index (χ2v) is 10.6. The van der Waals surface area contributed by atoms with Gasteiger partial charge in [-0.05, 0) is 62.1 Å². The Balaban J connectivity index is 1.56. The fourth-order valence-corrected chi connectivity index (χ4v) is 5.44. The minimum absolute atomic E-state index is 0.0735. The number of carboxylic acids is 1. The van der Waals surface area contributed by atoms with Gasteiger partial charge >= 0.3 is 12.1 Å². The molecule has 1 fully saturated rings. The number of halogens is 4. The summed E-state index contributed by atoms with van der Waals surface area (Å²) in [5.74, 6) is -2.11. The summed E-state index contributed by atoms with van der Waals surface area (Å²) >= 11 is 0. The quantitative estimate of drug-likeness (QED) is 0.292. The number of methoxy groups -OCH3 is 1. The molecule has 0 radical (unpaired) electrons. The third kappa shape index (κ3) is 5.87. The van der Waals surface area contributed by atoms with Crippen molar-refractivity contribution in [3.63, 3.8) is 0 Å². The largest absolute Gasteiger partial charge is 0.492 e. The van der Waals surface area contributed by atoms with Gasteiger partial charge in [0.1, 0.15) is 16.8 Å². The zero-order valence-corrected chi connectivity index (χ0v) is 23.8. The maximum Gasteiger partial charge on any atom is 0.416 e. The minimum atomic E-state index is -4.43. The molecule has 1 aliphatic rings. The minimum Gasteiger partial charge on any atom is -0.492 e. The predicted octanol–water partition coefficient (Wildman–Crippen LogP) is 5.24. The highest BCUT2D eigenvalue weighted by Gasteiger charge is 2.31. The normalized spacial score (nSPS) is 14.0. The first-order valence-electron chi connectivity index (χ1n) is 13.5. The summed E-state index contributed by atoms with van der Waals surface area (Å²) in [4.78, 5) is 30.9. The summed E-state index contributed by atoms with van der Waals surface area (Å²) in [5.41, 5.74) is 0.443. The average molecular weight is 599 g/mol. The number of pyridine rings is 1. The summed E-state index contributed by atoms with van der Waals surface area (Å²) in [6.45, 7) is 2.10. The molecule has 0 spiro atoms. The Morgan fingerprint density at radius 3 is 2.07 bits per heavy atom. The molecular formula is C31H30F4N4O4. The summed E-state index contributed by atoms with van der Waals surface area (Å²) in [7, 11) is 5.23. The van der Waals surface area contributed by atoms with Crippen LogP contribution in [0.1, 0.15) is 21.5 Å². The van der Waals surface area contributed by atoms with Crippen molar-refractivity contribution in [2.75, 3.05) is 57.2 Å². The van der Waals surface area contributed by atoms with Crippen LogP contribution in [0.2, 0.25) is 0 Å². The number of hydrogen-bond donors (Lipinski definition) is 1. The lowest BCUT2D eigenvalue weighted by Crippen LogP contribution is -2.47. The molecule has 0 amide bonds. The van der Waals surface area contributed by atoms with Gasteiger partial charge in [0.25, 0.3) is 0 Å². The van der Waals surface area contributed by atoms with Gasteiger partial charge in [-0.25, -0.2) is 9.18 Å². The summed E-state index contributed by atoms with van der Waals surface area (Å²) in [5, 5.41) is 9.62. The Morgan fingerprint density at radius 2 is 1.53 bits per heavy atom. The van der Waals surface area contributed by atoms with E-state index >= 15 is 4.39 Å². The Labute approximate surface area is 244 Å². The van der Waals surface area contributed by atoms with Crippen LogP contribution >= 0.6 is 0 Å². The zero-order valence-electron chi connectivity index (χ0n) is 23.8. The van der Waals surface area contributed by atoms with Crippen LogP contribution < -0.4 is 20.0 Å². The molecule has 226 valence electrons. The number of fused-ring (bicyclic) bond motifs is 1. The molecule has 43 heavy (non-hydrogen) atoms. The van der Waals surface area contributed by atoms with Gasteiger partial charge in [-0.15, -0.1) is 0 Å². The highest BCUT2D eigenvalue weighted by atomic mass is 19.4. The van der Waals surface area contributed by atoms with E-state index in [2.05, 4.69) is 0 Å². The van der Waals surface area contributed by atoms with Crippen LogP contribution in [-0.4, -0.2) is 67.9 Å². The van der Waals surface area contributed by atoms with Crippen molar-refractivity contribution in [1.82, 2.24) is 9.47 Å². The van der Waals surface area contributed by atoms with Crippen molar-refractivity contribution in [3.8, 4) is 11.4 Å². The Morgan fingerprint density at radius 1 is 0.953 bits per heavy atom. The van der Waals surface area contributed by atoms with E-state index in [0.717, 1.165) is 23.8 Å². The van der Waals surface area contributed by atoms with Crippen molar-refractivity contribution < 1.29 is 32.2 Å². The number of anilines is 2. The molecule has 8 nitrogen and oxygen atoms in total. The number of piperazine rings is 1. The van der Waals surface area contributed by atoms with Crippen LogP contribution in [0.3, 0.4) is 0 Å². The van der Waals surface area contributed by atoms with E-state index < -0.39 is 34.5 Å². The number of benzene rings is 3. The summed E-state index contributed by atoms with van der Waals surface area (Å²) in [6.07, 6.45) is -3.21. The van der Waals surface area contributed by atoms with E-state index in [-0.39, 0.29) is 22.3 Å². The second-order valence-electron chi connectivity index (χ2n) is 10.6. The highest BCUT2D eigenvalue weighted by molar-refractivity contribution is 5.97. The Kier molecular flexibility index (Phi) is 8.06. The lowest BCUT2D eigenvalue weighted by Gasteiger charge is -2.38. The number of aromatic carboxylic acids is 1. The number of ether oxygens (including phenoxy) is 1. The molecule has 5 rings (SSSR count). The van der Waals surface area contributed by atoms with E-state index in [1.54, 1.807) is 17.0 Å². The second kappa shape index (κ2) is 11.6. The van der Waals surface area contributed by atoms with Gasteiger partial charge in [0.2, 0.25) is 5.43 Å². The molecule has 0 unspecified atom stereocenters. The number of rotatable bonds is 7. The molecule has 12 heteroatoms. The fraction of sp³-hybridized carbons (Fsp3) is 0.290. The monoisotopic (exact) mass is 598 g/mol. The summed E-state index contributed by atoms with van der Waals surface area (Å²) in [6, 6.07) is 13.3. The molecule has 0 saturated carbocycles. The van der Waals surface area contributed by atoms with Crippen LogP contribution in [0.4, 0.5) is 28.9 Å². The van der Waals surface area contributed by atoms with Gasteiger partial charge in [-0.3, -0.25) is 4.79 Å². The lowest BCUT2D eigenvalue weighted by atomic mass is 10.1. The van der Waals surface area contributed by atoms with E-state index in [1.165, 1.54) is 30.0 Å². The van der Waals surface area contributed by atoms with Crippen molar-refractivity contribution >= 4 is 28.2 Å². The molecule has 1 aromatic heterocycles. The molecule has 1 N–H and O–H groups in total. The molecule has 1 saturated heterocycles. The number of aromatic nitrogens is 1. The van der Waals surface area contributed by atoms with Crippen molar-refractivity contribution in [2.24, 2.45) is 0 Å². The molecule has 2 heterocycles. The van der Waals surface area contributed by atoms with Crippen molar-refractivity contribution in [3.05, 3.63) is 93.5 Å². The maximum absolute atomic E-state index is 15.8. The lowest BCUT2D eigenvalue weighted by molar-refractivity contribution is -0.137. The molecule has 4 aromatic rings. The van der Waals surface area contributed by atoms with E-state index in [9.17, 15) is 27.9 Å². The topological polar surface area (TPSA) is 78.2 Å². The van der Waals surface area contributed by atoms with E-state index in [0.29, 0.717) is 44.1 Å². The maximum atomic E-state index is 15.8. The molecular weight excluding hydrogens is 568 g/mol. The number of hydrogen-bond acceptors (Lipinski definition) is 6. The third-order valence-electron chi connectivity index (χ3n) is 7.47. The number of carboxylic acid groups (broad SMARTS) is 1. The van der Waals surface area contributed by atoms with Crippen LogP contribution in [0.25, 0.3) is 16.6 Å². The smallest absolute Gasteiger partial charge is 0.416 e. The molecule has 0 atom stereocenters. The van der Waals surface area contributed by atoms with Gasteiger partial charge in [0.05, 0.1) is 18.1 Å². The molecule has 1 aliphatic heterocycles. The third-order valence-corrected chi connectivity index (χ3v) is 7.47. The number of nitrogens with zero attached hydrogens (tertiary/aromatic N) is 4. The van der Waals surface area contributed by atoms with Gasteiger partial charge in [-0.2, -0.15) is 13.2 Å². The van der Waals surface area contributed by atoms with Gasteiger partial charge in [0, 0.05) is 50.3 Å². The van der Waals surface area contributed by atoms with Crippen LogP contribution in [0.5, 0.6) is 5.75 Å².